The third-order valence-corrected chi connectivity index (χ3v) is 3.18. The third kappa shape index (κ3) is 5.43. The monoisotopic (exact) mass is 278 g/mol. The molecule has 110 valence electrons. The number of carbonyl (C=O) groups excluding carboxylic acids is 1. The number of carboxylic acid groups (broad SMARTS) is 1. The van der Waals surface area contributed by atoms with Gasteiger partial charge in [0.1, 0.15) is 0 Å². The second-order valence-corrected chi connectivity index (χ2v) is 4.96. The Kier molecular flexibility index (Phi) is 6.77. The SMILES string of the molecule is CCC[C@@H](C)C(=O)OCCCc1ccc(C(=O)O)cc1. The van der Waals surface area contributed by atoms with Gasteiger partial charge >= 0.3 is 11.9 Å². The van der Waals surface area contributed by atoms with E-state index in [0.29, 0.717) is 6.61 Å². The zero-order chi connectivity index (χ0) is 15.0. The van der Waals surface area contributed by atoms with Crippen molar-refractivity contribution >= 4 is 11.9 Å². The molecule has 0 radical (unpaired) electrons. The lowest BCUT2D eigenvalue weighted by atomic mass is 10.1. The zero-order valence-electron chi connectivity index (χ0n) is 12.1. The molecule has 0 bridgehead atoms. The second-order valence-electron chi connectivity index (χ2n) is 4.96. The summed E-state index contributed by atoms with van der Waals surface area (Å²) in [5, 5.41) is 8.79. The molecule has 0 saturated heterocycles. The van der Waals surface area contributed by atoms with Crippen LogP contribution in [0.5, 0.6) is 0 Å². The Balaban J connectivity index is 2.27. The molecule has 0 spiro atoms. The van der Waals surface area contributed by atoms with E-state index in [9.17, 15) is 9.59 Å². The molecule has 1 atom stereocenters. The Morgan fingerprint density at radius 1 is 1.25 bits per heavy atom. The maximum absolute atomic E-state index is 11.6. The molecule has 0 aliphatic rings. The van der Waals surface area contributed by atoms with Gasteiger partial charge in [-0.15, -0.1) is 0 Å². The molecule has 0 aliphatic heterocycles. The minimum absolute atomic E-state index is 0.0325. The summed E-state index contributed by atoms with van der Waals surface area (Å²) in [6.07, 6.45) is 3.36. The van der Waals surface area contributed by atoms with Crippen LogP contribution in [0.15, 0.2) is 24.3 Å². The van der Waals surface area contributed by atoms with E-state index in [4.69, 9.17) is 9.84 Å². The average molecular weight is 278 g/mol. The van der Waals surface area contributed by atoms with Gasteiger partial charge in [0.25, 0.3) is 0 Å². The van der Waals surface area contributed by atoms with E-state index in [-0.39, 0.29) is 17.5 Å². The highest BCUT2D eigenvalue weighted by atomic mass is 16.5. The third-order valence-electron chi connectivity index (χ3n) is 3.18. The van der Waals surface area contributed by atoms with Gasteiger partial charge in [0.05, 0.1) is 18.1 Å². The van der Waals surface area contributed by atoms with Crippen LogP contribution in [0.4, 0.5) is 0 Å². The van der Waals surface area contributed by atoms with Gasteiger partial charge in [0, 0.05) is 0 Å². The van der Waals surface area contributed by atoms with Crippen molar-refractivity contribution in [3.8, 4) is 0 Å². The molecule has 4 heteroatoms. The Bertz CT molecular complexity index is 436. The standard InChI is InChI=1S/C16H22O4/c1-3-5-12(2)16(19)20-11-4-6-13-7-9-14(10-8-13)15(17)18/h7-10,12H,3-6,11H2,1-2H3,(H,17,18)/t12-/m1/s1. The molecule has 1 aromatic carbocycles. The highest BCUT2D eigenvalue weighted by Gasteiger charge is 2.12. The summed E-state index contributed by atoms with van der Waals surface area (Å²) in [4.78, 5) is 22.3. The van der Waals surface area contributed by atoms with Crippen LogP contribution >= 0.6 is 0 Å². The molecule has 0 unspecified atom stereocenters. The van der Waals surface area contributed by atoms with Gasteiger partial charge in [-0.1, -0.05) is 32.4 Å². The van der Waals surface area contributed by atoms with E-state index in [1.807, 2.05) is 13.8 Å². The van der Waals surface area contributed by atoms with Crippen LogP contribution in [0, 0.1) is 5.92 Å². The van der Waals surface area contributed by atoms with Gasteiger partial charge < -0.3 is 9.84 Å². The fourth-order valence-corrected chi connectivity index (χ4v) is 1.96. The zero-order valence-corrected chi connectivity index (χ0v) is 12.1. The summed E-state index contributed by atoms with van der Waals surface area (Å²) >= 11 is 0. The van der Waals surface area contributed by atoms with Crippen LogP contribution in [0.3, 0.4) is 0 Å². The molecule has 0 heterocycles. The maximum atomic E-state index is 11.6. The summed E-state index contributed by atoms with van der Waals surface area (Å²) in [5.41, 5.74) is 1.33. The molecule has 4 nitrogen and oxygen atoms in total. The Morgan fingerprint density at radius 3 is 2.45 bits per heavy atom. The van der Waals surface area contributed by atoms with Gasteiger partial charge in [-0.3, -0.25) is 4.79 Å². The summed E-state index contributed by atoms with van der Waals surface area (Å²) in [6, 6.07) is 6.77. The average Bonchev–Trinajstić information content (AvgIpc) is 2.44. The first-order valence-electron chi connectivity index (χ1n) is 7.03. The number of hydrogen-bond donors (Lipinski definition) is 1. The van der Waals surface area contributed by atoms with Crippen LogP contribution in [-0.2, 0) is 16.0 Å². The van der Waals surface area contributed by atoms with E-state index in [1.54, 1.807) is 24.3 Å². The predicted octanol–water partition coefficient (Wildman–Crippen LogP) is 3.30. The second kappa shape index (κ2) is 8.35. The normalized spacial score (nSPS) is 11.9. The van der Waals surface area contributed by atoms with Gasteiger partial charge in [0.15, 0.2) is 0 Å². The van der Waals surface area contributed by atoms with Crippen molar-refractivity contribution in [1.29, 1.82) is 0 Å². The highest BCUT2D eigenvalue weighted by Crippen LogP contribution is 2.09. The number of esters is 1. The molecule has 0 aliphatic carbocycles. The first kappa shape index (κ1) is 16.2. The lowest BCUT2D eigenvalue weighted by Gasteiger charge is -2.10. The molecule has 1 N–H and O–H groups in total. The smallest absolute Gasteiger partial charge is 0.335 e. The number of benzene rings is 1. The van der Waals surface area contributed by atoms with Crippen LogP contribution < -0.4 is 0 Å². The van der Waals surface area contributed by atoms with Crippen molar-refractivity contribution in [3.05, 3.63) is 35.4 Å². The van der Waals surface area contributed by atoms with Crippen molar-refractivity contribution in [2.45, 2.75) is 39.5 Å². The van der Waals surface area contributed by atoms with Crippen molar-refractivity contribution in [3.63, 3.8) is 0 Å². The number of carbonyl (C=O) groups is 2. The number of aryl methyl sites for hydroxylation is 1. The van der Waals surface area contributed by atoms with E-state index in [1.165, 1.54) is 0 Å². The molecule has 1 aromatic rings. The van der Waals surface area contributed by atoms with Crippen LogP contribution in [0.1, 0.15) is 49.0 Å². The van der Waals surface area contributed by atoms with Gasteiger partial charge in [-0.25, -0.2) is 4.79 Å². The fraction of sp³-hybridized carbons (Fsp3) is 0.500. The lowest BCUT2D eigenvalue weighted by molar-refractivity contribution is -0.148. The summed E-state index contributed by atoms with van der Waals surface area (Å²) in [5.74, 6) is -1.08. The number of aromatic carboxylic acids is 1. The minimum Gasteiger partial charge on any atom is -0.478 e. The Labute approximate surface area is 119 Å². The lowest BCUT2D eigenvalue weighted by Crippen LogP contribution is -2.15. The molecule has 0 aromatic heterocycles. The molecule has 0 amide bonds. The molecule has 0 saturated carbocycles. The van der Waals surface area contributed by atoms with E-state index < -0.39 is 5.97 Å². The van der Waals surface area contributed by atoms with Crippen LogP contribution in [0.25, 0.3) is 0 Å². The molecular weight excluding hydrogens is 256 g/mol. The maximum Gasteiger partial charge on any atom is 0.335 e. The first-order valence-corrected chi connectivity index (χ1v) is 7.03. The van der Waals surface area contributed by atoms with E-state index in [0.717, 1.165) is 31.2 Å². The number of carboxylic acids is 1. The van der Waals surface area contributed by atoms with Gasteiger partial charge in [0.2, 0.25) is 0 Å². The minimum atomic E-state index is -0.921. The molecular formula is C16H22O4. The number of ether oxygens (including phenoxy) is 1. The largest absolute Gasteiger partial charge is 0.478 e. The van der Waals surface area contributed by atoms with Crippen LogP contribution in [-0.4, -0.2) is 23.7 Å². The van der Waals surface area contributed by atoms with Gasteiger partial charge in [-0.2, -0.15) is 0 Å². The summed E-state index contributed by atoms with van der Waals surface area (Å²) in [6.45, 7) is 4.34. The van der Waals surface area contributed by atoms with Crippen molar-refractivity contribution in [2.75, 3.05) is 6.61 Å². The first-order chi connectivity index (χ1) is 9.54. The van der Waals surface area contributed by atoms with E-state index in [2.05, 4.69) is 0 Å². The number of rotatable bonds is 8. The summed E-state index contributed by atoms with van der Waals surface area (Å²) < 4.78 is 5.21. The van der Waals surface area contributed by atoms with Crippen molar-refractivity contribution in [1.82, 2.24) is 0 Å². The quantitative estimate of drug-likeness (QED) is 0.585. The predicted molar refractivity (Wildman–Crippen MR) is 76.8 cm³/mol. The Morgan fingerprint density at radius 2 is 1.90 bits per heavy atom. The molecule has 1 rings (SSSR count). The molecule has 20 heavy (non-hydrogen) atoms. The Hall–Kier alpha value is -1.84. The topological polar surface area (TPSA) is 63.6 Å². The van der Waals surface area contributed by atoms with E-state index >= 15 is 0 Å². The van der Waals surface area contributed by atoms with Crippen LogP contribution in [0.2, 0.25) is 0 Å². The highest BCUT2D eigenvalue weighted by molar-refractivity contribution is 5.87. The van der Waals surface area contributed by atoms with Crippen molar-refractivity contribution < 1.29 is 19.4 Å². The fourth-order valence-electron chi connectivity index (χ4n) is 1.96. The van der Waals surface area contributed by atoms with Crippen molar-refractivity contribution in [2.24, 2.45) is 5.92 Å². The molecule has 0 fully saturated rings. The number of hydrogen-bond acceptors (Lipinski definition) is 3. The van der Waals surface area contributed by atoms with Gasteiger partial charge in [-0.05, 0) is 37.0 Å². The summed E-state index contributed by atoms with van der Waals surface area (Å²) in [7, 11) is 0.